The molecule has 1 aromatic carbocycles. The van der Waals surface area contributed by atoms with Crippen LogP contribution < -0.4 is 15.4 Å². The molecule has 0 aliphatic carbocycles. The number of ether oxygens (including phenoxy) is 1. The predicted octanol–water partition coefficient (Wildman–Crippen LogP) is 3.25. The van der Waals surface area contributed by atoms with E-state index in [1.165, 1.54) is 6.07 Å². The van der Waals surface area contributed by atoms with Gasteiger partial charge in [-0.05, 0) is 25.1 Å². The lowest BCUT2D eigenvalue weighted by Crippen LogP contribution is -2.06. The van der Waals surface area contributed by atoms with Crippen LogP contribution >= 0.6 is 0 Å². The summed E-state index contributed by atoms with van der Waals surface area (Å²) in [6.45, 7) is -0.260. The number of benzene rings is 1. The molecule has 2 N–H and O–H groups in total. The third-order valence-electron chi connectivity index (χ3n) is 2.36. The fourth-order valence-corrected chi connectivity index (χ4v) is 1.58. The molecule has 0 spiro atoms. The molecule has 2 rings (SSSR count). The Balaban J connectivity index is 2.19. The summed E-state index contributed by atoms with van der Waals surface area (Å²) in [4.78, 5) is 8.23. The number of hydrogen-bond donors (Lipinski definition) is 2. The minimum absolute atomic E-state index is 0.0612. The number of hydrogen-bond acceptors (Lipinski definition) is 5. The summed E-state index contributed by atoms with van der Waals surface area (Å²) >= 11 is 0. The fourth-order valence-electron chi connectivity index (χ4n) is 1.58. The summed E-state index contributed by atoms with van der Waals surface area (Å²) < 4.78 is 29.1. The first kappa shape index (κ1) is 14.0. The zero-order valence-corrected chi connectivity index (χ0v) is 10.8. The maximum Gasteiger partial charge on any atom is 0.387 e. The molecular weight excluding hydrogens is 266 g/mol. The lowest BCUT2D eigenvalue weighted by molar-refractivity contribution is -0.0493. The highest BCUT2D eigenvalue weighted by Crippen LogP contribution is 2.28. The molecule has 0 bridgehead atoms. The predicted molar refractivity (Wildman–Crippen MR) is 72.6 cm³/mol. The van der Waals surface area contributed by atoms with Crippen molar-refractivity contribution in [1.82, 2.24) is 9.97 Å². The molecule has 0 saturated carbocycles. The molecule has 0 amide bonds. The lowest BCUT2D eigenvalue weighted by atomic mass is 10.3. The Hall–Kier alpha value is -2.44. The number of alkyl halides is 2. The average molecular weight is 280 g/mol. The highest BCUT2D eigenvalue weighted by molar-refractivity contribution is 5.64. The zero-order valence-electron chi connectivity index (χ0n) is 10.8. The van der Waals surface area contributed by atoms with E-state index in [1.807, 2.05) is 6.92 Å². The molecule has 0 radical (unpaired) electrons. The van der Waals surface area contributed by atoms with E-state index in [2.05, 4.69) is 25.3 Å². The van der Waals surface area contributed by atoms with Gasteiger partial charge >= 0.3 is 6.61 Å². The third-order valence-corrected chi connectivity index (χ3v) is 2.36. The molecule has 0 unspecified atom stereocenters. The number of para-hydroxylation sites is 2. The van der Waals surface area contributed by atoms with Crippen LogP contribution in [0.15, 0.2) is 36.5 Å². The molecule has 1 heterocycles. The Bertz CT molecular complexity index is 566. The van der Waals surface area contributed by atoms with Crippen molar-refractivity contribution in [3.05, 3.63) is 36.5 Å². The van der Waals surface area contributed by atoms with Crippen LogP contribution in [0.2, 0.25) is 0 Å². The highest BCUT2D eigenvalue weighted by Gasteiger charge is 2.09. The summed E-state index contributed by atoms with van der Waals surface area (Å²) in [7, 11) is 0. The molecule has 0 atom stereocenters. The summed E-state index contributed by atoms with van der Waals surface area (Å²) in [5.41, 5.74) is 0.411. The molecule has 2 aromatic rings. The summed E-state index contributed by atoms with van der Waals surface area (Å²) in [6, 6.07) is 8.06. The van der Waals surface area contributed by atoms with Crippen molar-refractivity contribution in [2.45, 2.75) is 13.5 Å². The first-order valence-electron chi connectivity index (χ1n) is 6.07. The van der Waals surface area contributed by atoms with E-state index in [4.69, 9.17) is 0 Å². The normalized spacial score (nSPS) is 10.4. The van der Waals surface area contributed by atoms with Crippen LogP contribution in [0.1, 0.15) is 6.92 Å². The first-order valence-corrected chi connectivity index (χ1v) is 6.07. The van der Waals surface area contributed by atoms with Gasteiger partial charge in [0, 0.05) is 12.7 Å². The van der Waals surface area contributed by atoms with E-state index < -0.39 is 6.61 Å². The van der Waals surface area contributed by atoms with Gasteiger partial charge in [0.05, 0.1) is 5.69 Å². The minimum atomic E-state index is -2.87. The van der Waals surface area contributed by atoms with E-state index in [1.54, 1.807) is 30.5 Å². The number of halogens is 2. The highest BCUT2D eigenvalue weighted by atomic mass is 19.3. The zero-order chi connectivity index (χ0) is 14.4. The second kappa shape index (κ2) is 6.65. The Morgan fingerprint density at radius 3 is 2.80 bits per heavy atom. The van der Waals surface area contributed by atoms with Crippen molar-refractivity contribution >= 4 is 17.5 Å². The van der Waals surface area contributed by atoms with Crippen molar-refractivity contribution in [3.8, 4) is 5.75 Å². The first-order chi connectivity index (χ1) is 9.69. The topological polar surface area (TPSA) is 59.1 Å². The van der Waals surface area contributed by atoms with E-state index in [9.17, 15) is 8.78 Å². The van der Waals surface area contributed by atoms with Gasteiger partial charge in [0.15, 0.2) is 0 Å². The minimum Gasteiger partial charge on any atom is -0.433 e. The Morgan fingerprint density at radius 1 is 1.25 bits per heavy atom. The molecule has 5 nitrogen and oxygen atoms in total. The van der Waals surface area contributed by atoms with Crippen LogP contribution in [0, 0.1) is 0 Å². The van der Waals surface area contributed by atoms with Crippen LogP contribution in [0.25, 0.3) is 0 Å². The van der Waals surface area contributed by atoms with Crippen molar-refractivity contribution < 1.29 is 13.5 Å². The van der Waals surface area contributed by atoms with E-state index in [-0.39, 0.29) is 5.75 Å². The number of nitrogens with zero attached hydrogens (tertiary/aromatic N) is 2. The Morgan fingerprint density at radius 2 is 2.05 bits per heavy atom. The number of anilines is 3. The number of nitrogens with one attached hydrogen (secondary N) is 2. The van der Waals surface area contributed by atoms with Crippen molar-refractivity contribution in [3.63, 3.8) is 0 Å². The van der Waals surface area contributed by atoms with Gasteiger partial charge in [-0.2, -0.15) is 13.8 Å². The number of aromatic nitrogens is 2. The van der Waals surface area contributed by atoms with Crippen LogP contribution in [-0.4, -0.2) is 23.1 Å². The summed E-state index contributed by atoms with van der Waals surface area (Å²) in [5.74, 6) is 1.01. The smallest absolute Gasteiger partial charge is 0.387 e. The Labute approximate surface area is 115 Å². The molecular formula is C13H14F2N4O. The molecule has 106 valence electrons. The summed E-state index contributed by atoms with van der Waals surface area (Å²) in [6.07, 6.45) is 1.57. The average Bonchev–Trinajstić information content (AvgIpc) is 2.41. The molecule has 20 heavy (non-hydrogen) atoms. The second-order valence-electron chi connectivity index (χ2n) is 3.80. The fraction of sp³-hybridized carbons (Fsp3) is 0.231. The lowest BCUT2D eigenvalue weighted by Gasteiger charge is -2.12. The van der Waals surface area contributed by atoms with Crippen molar-refractivity contribution in [2.75, 3.05) is 17.2 Å². The number of rotatable bonds is 6. The molecule has 1 aromatic heterocycles. The summed E-state index contributed by atoms with van der Waals surface area (Å²) in [5, 5.41) is 5.89. The SMILES string of the molecule is CCNc1nccc(Nc2ccccc2OC(F)F)n1. The van der Waals surface area contributed by atoms with Gasteiger partial charge in [-0.25, -0.2) is 4.98 Å². The quantitative estimate of drug-likeness (QED) is 0.850. The van der Waals surface area contributed by atoms with E-state index in [0.717, 1.165) is 0 Å². The largest absolute Gasteiger partial charge is 0.433 e. The molecule has 0 aliphatic heterocycles. The molecule has 0 fully saturated rings. The van der Waals surface area contributed by atoms with Gasteiger partial charge in [-0.3, -0.25) is 0 Å². The van der Waals surface area contributed by atoms with Crippen LogP contribution in [0.5, 0.6) is 5.75 Å². The molecule has 7 heteroatoms. The van der Waals surface area contributed by atoms with Gasteiger partial charge in [0.25, 0.3) is 0 Å². The van der Waals surface area contributed by atoms with Crippen LogP contribution in [-0.2, 0) is 0 Å². The van der Waals surface area contributed by atoms with Gasteiger partial charge in [-0.1, -0.05) is 12.1 Å². The van der Waals surface area contributed by atoms with Crippen molar-refractivity contribution in [2.24, 2.45) is 0 Å². The third kappa shape index (κ3) is 3.78. The van der Waals surface area contributed by atoms with Crippen LogP contribution in [0.3, 0.4) is 0 Å². The molecule has 0 aliphatic rings. The Kier molecular flexibility index (Phi) is 4.65. The standard InChI is InChI=1S/C13H14F2N4O/c1-2-16-13-17-8-7-11(19-13)18-9-5-3-4-6-10(9)20-12(14)15/h3-8,12H,2H2,1H3,(H2,16,17,18,19). The maximum absolute atomic E-state index is 12.3. The molecule has 0 saturated heterocycles. The maximum atomic E-state index is 12.3. The van der Waals surface area contributed by atoms with Crippen LogP contribution in [0.4, 0.5) is 26.2 Å². The van der Waals surface area contributed by atoms with Gasteiger partial charge < -0.3 is 15.4 Å². The van der Waals surface area contributed by atoms with Gasteiger partial charge in [0.2, 0.25) is 5.95 Å². The monoisotopic (exact) mass is 280 g/mol. The second-order valence-corrected chi connectivity index (χ2v) is 3.80. The van der Waals surface area contributed by atoms with Gasteiger partial charge in [0.1, 0.15) is 11.6 Å². The van der Waals surface area contributed by atoms with E-state index in [0.29, 0.717) is 24.0 Å². The van der Waals surface area contributed by atoms with Crippen molar-refractivity contribution in [1.29, 1.82) is 0 Å². The van der Waals surface area contributed by atoms with Gasteiger partial charge in [-0.15, -0.1) is 0 Å². The van der Waals surface area contributed by atoms with E-state index >= 15 is 0 Å².